The van der Waals surface area contributed by atoms with Crippen molar-refractivity contribution in [2.75, 3.05) is 52.6 Å². The highest BCUT2D eigenvalue weighted by molar-refractivity contribution is 6.03. The quantitative estimate of drug-likeness (QED) is 0.0296. The molecule has 92 heavy (non-hydrogen) atoms. The Kier molecular flexibility index (Phi) is 46.6. The lowest BCUT2D eigenvalue weighted by Gasteiger charge is -2.35. The summed E-state index contributed by atoms with van der Waals surface area (Å²) in [5.74, 6) is 0.0282. The van der Waals surface area contributed by atoms with E-state index in [-0.39, 0.29) is 67.8 Å². The van der Waals surface area contributed by atoms with Crippen LogP contribution < -0.4 is 14.2 Å². The standard InChI is InChI=1S/C79H131N5O8/c1-4-7-10-13-16-19-22-25-28-31-34-37-40-43-46-49-61-90-73-64-69(77(85)83-56-58-84(59-57-83)78(86)71-55-54-70(79(87)88)72(66-81-82-80)75(71)68-53-52-60-89-67-68)65-74(91-62-50-47-44-41-38-35-32-29-26-23-20-17-14-11-8-5-2)76(73)92-63-51-48-45-42-39-36-33-30-27-24-21-18-15-12-9-6-3/h52-55,60,64-65H,4-51,56-59,61-63,66-67H2,1-3H3,(H,87,88). The van der Waals surface area contributed by atoms with Crippen molar-refractivity contribution in [2.24, 2.45) is 5.11 Å². The van der Waals surface area contributed by atoms with E-state index in [1.165, 1.54) is 288 Å². The number of amides is 2. The number of carboxylic acid groups (broad SMARTS) is 1. The fourth-order valence-corrected chi connectivity index (χ4v) is 13.2. The van der Waals surface area contributed by atoms with Crippen molar-refractivity contribution in [1.82, 2.24) is 9.80 Å². The minimum atomic E-state index is -1.19. The summed E-state index contributed by atoms with van der Waals surface area (Å²) >= 11 is 0. The first kappa shape index (κ1) is 79.3. The van der Waals surface area contributed by atoms with Crippen LogP contribution in [-0.2, 0) is 11.3 Å². The molecule has 1 fully saturated rings. The average molecular weight is 1280 g/mol. The Morgan fingerprint density at radius 3 is 1.12 bits per heavy atom. The number of hydrogen-bond donors (Lipinski definition) is 1. The van der Waals surface area contributed by atoms with Gasteiger partial charge in [-0.05, 0) is 71.8 Å². The average Bonchev–Trinajstić information content (AvgIpc) is 0.808. The SMILES string of the molecule is CCCCCCCCCCCCCCCCCCOc1cc(C(=O)N2CCN(C(=O)c3ccc(C(=O)O)c(CN=[N+]=[N-])c3C3=CC=COC3)CC2)cc(OCCCCCCCCCCCCCCCCCC)c1OCCCCCCCCCCCCCCCCCC. The van der Waals surface area contributed by atoms with Crippen molar-refractivity contribution in [1.29, 1.82) is 0 Å². The van der Waals surface area contributed by atoms with E-state index in [9.17, 15) is 25.0 Å². The zero-order valence-corrected chi connectivity index (χ0v) is 58.9. The molecule has 0 radical (unpaired) electrons. The minimum Gasteiger partial charge on any atom is -0.496 e. The zero-order chi connectivity index (χ0) is 65.6. The smallest absolute Gasteiger partial charge is 0.335 e. The second kappa shape index (κ2) is 54.1. The first-order valence-electron chi connectivity index (χ1n) is 38.4. The predicted octanol–water partition coefficient (Wildman–Crippen LogP) is 23.6. The highest BCUT2D eigenvalue weighted by atomic mass is 16.5. The normalized spacial score (nSPS) is 13.1. The van der Waals surface area contributed by atoms with Crippen LogP contribution in [-0.4, -0.2) is 85.3 Å². The molecule has 0 spiro atoms. The van der Waals surface area contributed by atoms with Crippen LogP contribution in [0.4, 0.5) is 0 Å². The van der Waals surface area contributed by atoms with E-state index in [0.29, 0.717) is 53.8 Å². The summed E-state index contributed by atoms with van der Waals surface area (Å²) in [6.45, 7) is 9.40. The highest BCUT2D eigenvalue weighted by Gasteiger charge is 2.31. The lowest BCUT2D eigenvalue weighted by Crippen LogP contribution is -2.50. The van der Waals surface area contributed by atoms with E-state index < -0.39 is 5.97 Å². The predicted molar refractivity (Wildman–Crippen MR) is 383 cm³/mol. The molecule has 4 rings (SSSR count). The molecule has 520 valence electrons. The van der Waals surface area contributed by atoms with Gasteiger partial charge in [0.15, 0.2) is 11.5 Å². The molecule has 0 bridgehead atoms. The van der Waals surface area contributed by atoms with Crippen LogP contribution in [0.5, 0.6) is 17.2 Å². The monoisotopic (exact) mass is 1280 g/mol. The van der Waals surface area contributed by atoms with Gasteiger partial charge >= 0.3 is 5.97 Å². The van der Waals surface area contributed by atoms with Crippen molar-refractivity contribution >= 4 is 23.4 Å². The second-order valence-electron chi connectivity index (χ2n) is 26.9. The molecule has 2 amide bonds. The molecule has 13 nitrogen and oxygen atoms in total. The van der Waals surface area contributed by atoms with Crippen LogP contribution in [0, 0.1) is 0 Å². The Balaban J connectivity index is 1.41. The largest absolute Gasteiger partial charge is 0.496 e. The van der Waals surface area contributed by atoms with Gasteiger partial charge in [0, 0.05) is 42.2 Å². The number of benzene rings is 2. The van der Waals surface area contributed by atoms with E-state index in [1.54, 1.807) is 22.0 Å². The number of nitrogens with zero attached hydrogens (tertiary/aromatic N) is 5. The Morgan fingerprint density at radius 2 is 0.793 bits per heavy atom. The number of hydrogen-bond acceptors (Lipinski definition) is 8. The molecule has 0 atom stereocenters. The van der Waals surface area contributed by atoms with Crippen molar-refractivity contribution in [3.8, 4) is 17.2 Å². The summed E-state index contributed by atoms with van der Waals surface area (Å²) in [5, 5.41) is 13.9. The number of carbonyl (C=O) groups is 3. The Hall–Kier alpha value is -5.16. The van der Waals surface area contributed by atoms with Crippen LogP contribution in [0.1, 0.15) is 371 Å². The zero-order valence-electron chi connectivity index (χ0n) is 58.9. The van der Waals surface area contributed by atoms with E-state index in [0.717, 1.165) is 38.5 Å². The summed E-state index contributed by atoms with van der Waals surface area (Å²) in [7, 11) is 0. The Bertz CT molecular complexity index is 2300. The van der Waals surface area contributed by atoms with Crippen LogP contribution in [0.2, 0.25) is 0 Å². The number of azide groups is 1. The van der Waals surface area contributed by atoms with Gasteiger partial charge in [0.2, 0.25) is 5.75 Å². The maximum atomic E-state index is 14.8. The molecule has 0 aliphatic carbocycles. The molecule has 0 saturated carbocycles. The highest BCUT2D eigenvalue weighted by Crippen LogP contribution is 2.41. The van der Waals surface area contributed by atoms with Crippen LogP contribution in [0.25, 0.3) is 16.0 Å². The maximum Gasteiger partial charge on any atom is 0.335 e. The molecule has 2 aromatic carbocycles. The summed E-state index contributed by atoms with van der Waals surface area (Å²) in [4.78, 5) is 48.2. The van der Waals surface area contributed by atoms with Gasteiger partial charge in [0.1, 0.15) is 6.61 Å². The van der Waals surface area contributed by atoms with E-state index in [2.05, 4.69) is 30.8 Å². The van der Waals surface area contributed by atoms with Crippen LogP contribution >= 0.6 is 0 Å². The van der Waals surface area contributed by atoms with Crippen LogP contribution in [0.15, 0.2) is 47.8 Å². The Labute approximate surface area is 560 Å². The van der Waals surface area contributed by atoms with Gasteiger partial charge in [0.25, 0.3) is 11.8 Å². The Morgan fingerprint density at radius 1 is 0.467 bits per heavy atom. The molecule has 2 aliphatic heterocycles. The maximum absolute atomic E-state index is 14.8. The van der Waals surface area contributed by atoms with Crippen molar-refractivity contribution in [3.05, 3.63) is 80.9 Å². The van der Waals surface area contributed by atoms with Crippen LogP contribution in [0.3, 0.4) is 0 Å². The summed E-state index contributed by atoms with van der Waals surface area (Å²) in [5.41, 5.74) is 11.2. The number of carbonyl (C=O) groups excluding carboxylic acids is 2. The number of allylic oxidation sites excluding steroid dienone is 2. The minimum absolute atomic E-state index is 0.0480. The van der Waals surface area contributed by atoms with Gasteiger partial charge in [-0.3, -0.25) is 9.59 Å². The van der Waals surface area contributed by atoms with Crippen molar-refractivity contribution in [2.45, 2.75) is 336 Å². The molecule has 13 heteroatoms. The molecule has 1 saturated heterocycles. The molecule has 2 heterocycles. The number of rotatable bonds is 60. The van der Waals surface area contributed by atoms with Gasteiger partial charge in [-0.25, -0.2) is 4.79 Å². The lowest BCUT2D eigenvalue weighted by molar-refractivity contribution is 0.0534. The summed E-state index contributed by atoms with van der Waals surface area (Å²) in [6, 6.07) is 6.64. The van der Waals surface area contributed by atoms with E-state index in [4.69, 9.17) is 18.9 Å². The molecule has 0 unspecified atom stereocenters. The molecule has 2 aromatic rings. The molecule has 2 aliphatic rings. The summed E-state index contributed by atoms with van der Waals surface area (Å²) < 4.78 is 25.7. The molecule has 1 N–H and O–H groups in total. The number of carboxylic acids is 1. The number of piperazine rings is 1. The fourth-order valence-electron chi connectivity index (χ4n) is 13.2. The number of unbranched alkanes of at least 4 members (excludes halogenated alkanes) is 45. The van der Waals surface area contributed by atoms with Gasteiger partial charge < -0.3 is 33.9 Å². The third-order valence-electron chi connectivity index (χ3n) is 19.0. The molecular weight excluding hydrogens is 1150 g/mol. The topological polar surface area (TPSA) is 164 Å². The van der Waals surface area contributed by atoms with Crippen molar-refractivity contribution < 1.29 is 38.4 Å². The number of ether oxygens (including phenoxy) is 4. The van der Waals surface area contributed by atoms with E-state index >= 15 is 0 Å². The third kappa shape index (κ3) is 34.8. The molecule has 0 aromatic heterocycles. The second-order valence-corrected chi connectivity index (χ2v) is 26.9. The lowest BCUT2D eigenvalue weighted by atomic mass is 9.89. The van der Waals surface area contributed by atoms with Gasteiger partial charge in [-0.15, -0.1) is 0 Å². The number of aromatic carboxylic acids is 1. The summed E-state index contributed by atoms with van der Waals surface area (Å²) in [6.07, 6.45) is 67.4. The first-order valence-corrected chi connectivity index (χ1v) is 38.4. The van der Waals surface area contributed by atoms with Gasteiger partial charge in [-0.2, -0.15) is 0 Å². The molecular formula is C79H131N5O8. The first-order chi connectivity index (χ1) is 45.3. The fraction of sp³-hybridized carbons (Fsp3) is 0.759. The van der Waals surface area contributed by atoms with Crippen molar-refractivity contribution in [3.63, 3.8) is 0 Å². The van der Waals surface area contributed by atoms with E-state index in [1.807, 2.05) is 12.1 Å². The third-order valence-corrected chi connectivity index (χ3v) is 19.0. The van der Waals surface area contributed by atoms with Gasteiger partial charge in [0.05, 0.1) is 38.2 Å². The van der Waals surface area contributed by atoms with Gasteiger partial charge in [-0.1, -0.05) is 321 Å².